The molecule has 0 bridgehead atoms. The van der Waals surface area contributed by atoms with Crippen LogP contribution in [0, 0.1) is 0 Å². The number of unbranched alkanes of at least 4 members (excludes halogenated alkanes) is 37. The fraction of sp³-hybridized carbons (Fsp3) is 0.786. The van der Waals surface area contributed by atoms with E-state index in [-0.39, 0.29) is 31.1 Å². The highest BCUT2D eigenvalue weighted by Gasteiger charge is 2.19. The lowest BCUT2D eigenvalue weighted by atomic mass is 10.0. The molecule has 0 aliphatic heterocycles. The van der Waals surface area contributed by atoms with Gasteiger partial charge in [0.05, 0.1) is 0 Å². The molecule has 0 aromatic carbocycles. The van der Waals surface area contributed by atoms with Crippen LogP contribution >= 0.6 is 0 Å². The van der Waals surface area contributed by atoms with Gasteiger partial charge in [0, 0.05) is 19.3 Å². The Balaban J connectivity index is 4.38. The van der Waals surface area contributed by atoms with E-state index in [1.807, 2.05) is 0 Å². The van der Waals surface area contributed by atoms with E-state index in [2.05, 4.69) is 93.7 Å². The van der Waals surface area contributed by atoms with Crippen molar-refractivity contribution in [2.75, 3.05) is 13.2 Å². The van der Waals surface area contributed by atoms with Crippen LogP contribution in [0.15, 0.2) is 72.9 Å². The van der Waals surface area contributed by atoms with Gasteiger partial charge in [-0.25, -0.2) is 0 Å². The van der Waals surface area contributed by atoms with Crippen molar-refractivity contribution in [2.45, 2.75) is 341 Å². The van der Waals surface area contributed by atoms with E-state index >= 15 is 0 Å². The SMILES string of the molecule is CC/C=C\C/C=C\C/C=C\C/C=C\CCCCCCCCC(=O)OC(COC(=O)CCCCCCCCC/C=C\C/C=C\CCCCCC)COC(=O)CCCCCCCCCCCCCCCCCCCCCCC. The van der Waals surface area contributed by atoms with Crippen LogP contribution in [0.1, 0.15) is 335 Å². The molecule has 0 fully saturated rings. The summed E-state index contributed by atoms with van der Waals surface area (Å²) < 4.78 is 17.0. The van der Waals surface area contributed by atoms with Crippen LogP contribution in [-0.4, -0.2) is 37.2 Å². The van der Waals surface area contributed by atoms with Crippen LogP contribution in [0.5, 0.6) is 0 Å². The number of hydrogen-bond acceptors (Lipinski definition) is 6. The molecule has 6 nitrogen and oxygen atoms in total. The molecule has 0 heterocycles. The Morgan fingerprint density at radius 3 is 0.816 bits per heavy atom. The van der Waals surface area contributed by atoms with Crippen LogP contribution in [0.3, 0.4) is 0 Å². The van der Waals surface area contributed by atoms with E-state index in [0.29, 0.717) is 19.3 Å². The highest BCUT2D eigenvalue weighted by Crippen LogP contribution is 2.17. The molecule has 1 unspecified atom stereocenters. The Labute approximate surface area is 472 Å². The van der Waals surface area contributed by atoms with Crippen LogP contribution < -0.4 is 0 Å². The zero-order valence-corrected chi connectivity index (χ0v) is 50.5. The molecule has 0 radical (unpaired) electrons. The molecular weight excluding hydrogens is 937 g/mol. The van der Waals surface area contributed by atoms with Crippen LogP contribution in [0.25, 0.3) is 0 Å². The van der Waals surface area contributed by atoms with Crippen molar-refractivity contribution in [1.29, 1.82) is 0 Å². The Kier molecular flexibility index (Phi) is 61.7. The normalized spacial score (nSPS) is 12.5. The molecule has 0 spiro atoms. The maximum absolute atomic E-state index is 12.9. The van der Waals surface area contributed by atoms with Crippen LogP contribution in [0.2, 0.25) is 0 Å². The zero-order chi connectivity index (χ0) is 55.0. The minimum atomic E-state index is -0.787. The number of carbonyl (C=O) groups is 3. The number of carbonyl (C=O) groups excluding carboxylic acids is 3. The second-order valence-electron chi connectivity index (χ2n) is 22.0. The molecule has 0 aliphatic carbocycles. The minimum Gasteiger partial charge on any atom is -0.462 e. The monoisotopic (exact) mass is 1060 g/mol. The maximum atomic E-state index is 12.9. The van der Waals surface area contributed by atoms with E-state index in [9.17, 15) is 14.4 Å². The quantitative estimate of drug-likeness (QED) is 0.0261. The average molecular weight is 1060 g/mol. The highest BCUT2D eigenvalue weighted by atomic mass is 16.6. The molecule has 0 saturated heterocycles. The third kappa shape index (κ3) is 61.7. The van der Waals surface area contributed by atoms with E-state index < -0.39 is 6.10 Å². The van der Waals surface area contributed by atoms with Gasteiger partial charge in [-0.1, -0.05) is 299 Å². The lowest BCUT2D eigenvalue weighted by molar-refractivity contribution is -0.167. The number of ether oxygens (including phenoxy) is 3. The van der Waals surface area contributed by atoms with Gasteiger partial charge >= 0.3 is 17.9 Å². The van der Waals surface area contributed by atoms with Gasteiger partial charge in [-0.2, -0.15) is 0 Å². The summed E-state index contributed by atoms with van der Waals surface area (Å²) >= 11 is 0. The Hall–Kier alpha value is -3.15. The predicted octanol–water partition coefficient (Wildman–Crippen LogP) is 22.5. The predicted molar refractivity (Wildman–Crippen MR) is 330 cm³/mol. The van der Waals surface area contributed by atoms with Gasteiger partial charge in [-0.15, -0.1) is 0 Å². The zero-order valence-electron chi connectivity index (χ0n) is 50.5. The summed E-state index contributed by atoms with van der Waals surface area (Å²) in [7, 11) is 0. The molecule has 0 amide bonds. The van der Waals surface area contributed by atoms with Gasteiger partial charge in [-0.3, -0.25) is 14.4 Å². The number of hydrogen-bond donors (Lipinski definition) is 0. The lowest BCUT2D eigenvalue weighted by Gasteiger charge is -2.18. The van der Waals surface area contributed by atoms with E-state index in [1.165, 1.54) is 186 Å². The van der Waals surface area contributed by atoms with Crippen LogP contribution in [-0.2, 0) is 28.6 Å². The van der Waals surface area contributed by atoms with Gasteiger partial charge < -0.3 is 14.2 Å². The van der Waals surface area contributed by atoms with Crippen molar-refractivity contribution in [3.05, 3.63) is 72.9 Å². The van der Waals surface area contributed by atoms with Crippen molar-refractivity contribution < 1.29 is 28.6 Å². The first-order valence-electron chi connectivity index (χ1n) is 32.9. The number of rotatable bonds is 60. The largest absolute Gasteiger partial charge is 0.462 e. The first-order chi connectivity index (χ1) is 37.5. The number of esters is 3. The number of allylic oxidation sites excluding steroid dienone is 12. The fourth-order valence-corrected chi connectivity index (χ4v) is 9.53. The summed E-state index contributed by atoms with van der Waals surface area (Å²) in [5, 5.41) is 0. The van der Waals surface area contributed by atoms with E-state index in [0.717, 1.165) is 109 Å². The summed E-state index contributed by atoms with van der Waals surface area (Å²) in [5.41, 5.74) is 0. The second kappa shape index (κ2) is 64.4. The maximum Gasteiger partial charge on any atom is 0.306 e. The summed E-state index contributed by atoms with van der Waals surface area (Å²) in [6.07, 6.45) is 83.3. The second-order valence-corrected chi connectivity index (χ2v) is 22.0. The molecule has 440 valence electrons. The van der Waals surface area contributed by atoms with Crippen molar-refractivity contribution in [3.8, 4) is 0 Å². The topological polar surface area (TPSA) is 78.9 Å². The summed E-state index contributed by atoms with van der Waals surface area (Å²) in [6.45, 7) is 6.54. The third-order valence-corrected chi connectivity index (χ3v) is 14.4. The molecule has 1 atom stereocenters. The fourth-order valence-electron chi connectivity index (χ4n) is 9.53. The summed E-state index contributed by atoms with van der Waals surface area (Å²) in [5.74, 6) is -0.885. The average Bonchev–Trinajstić information content (AvgIpc) is 3.42. The molecule has 0 aromatic rings. The Bertz CT molecular complexity index is 1400. The first-order valence-corrected chi connectivity index (χ1v) is 32.9. The summed E-state index contributed by atoms with van der Waals surface area (Å²) in [4.78, 5) is 38.4. The van der Waals surface area contributed by atoms with Gasteiger partial charge in [0.2, 0.25) is 0 Å². The van der Waals surface area contributed by atoms with Gasteiger partial charge in [0.1, 0.15) is 13.2 Å². The van der Waals surface area contributed by atoms with Crippen molar-refractivity contribution in [1.82, 2.24) is 0 Å². The van der Waals surface area contributed by atoms with Gasteiger partial charge in [0.15, 0.2) is 6.10 Å². The molecule has 0 aliphatic rings. The van der Waals surface area contributed by atoms with Crippen molar-refractivity contribution in [2.24, 2.45) is 0 Å². The Morgan fingerprint density at radius 2 is 0.513 bits per heavy atom. The molecule has 0 N–H and O–H groups in total. The Morgan fingerprint density at radius 1 is 0.276 bits per heavy atom. The minimum absolute atomic E-state index is 0.0809. The molecular formula is C70H124O6. The molecule has 76 heavy (non-hydrogen) atoms. The highest BCUT2D eigenvalue weighted by molar-refractivity contribution is 5.71. The van der Waals surface area contributed by atoms with Crippen LogP contribution in [0.4, 0.5) is 0 Å². The van der Waals surface area contributed by atoms with Crippen molar-refractivity contribution in [3.63, 3.8) is 0 Å². The van der Waals surface area contributed by atoms with E-state index in [4.69, 9.17) is 14.2 Å². The third-order valence-electron chi connectivity index (χ3n) is 14.4. The molecule has 0 saturated carbocycles. The summed E-state index contributed by atoms with van der Waals surface area (Å²) in [6, 6.07) is 0. The molecule has 0 aromatic heterocycles. The van der Waals surface area contributed by atoms with E-state index in [1.54, 1.807) is 0 Å². The van der Waals surface area contributed by atoms with Gasteiger partial charge in [-0.05, 0) is 89.9 Å². The van der Waals surface area contributed by atoms with Crippen molar-refractivity contribution >= 4 is 17.9 Å². The molecule has 0 rings (SSSR count). The lowest BCUT2D eigenvalue weighted by Crippen LogP contribution is -2.30. The first kappa shape index (κ1) is 72.8. The standard InChI is InChI=1S/C70H124O6/c1-4-7-10-13-16-19-22-25-28-31-34-35-37-39-42-45-48-51-54-57-60-63-69(72)75-66-67(65-74-68(71)62-59-56-53-50-47-44-41-38-33-30-27-24-21-18-15-12-9-6-3)76-70(73)64-61-58-55-52-49-46-43-40-36-32-29-26-23-20-17-14-11-8-5-2/h8,11,17,20-21,24,26,29-30,33,36,40,67H,4-7,9-10,12-16,18-19,22-23,25,27-28,31-32,34-35,37-39,41-66H2,1-3H3/b11-8-,20-17-,24-21-,29-26-,33-30-,40-36-. The molecule has 6 heteroatoms. The van der Waals surface area contributed by atoms with Gasteiger partial charge in [0.25, 0.3) is 0 Å². The smallest absolute Gasteiger partial charge is 0.306 e.